The Bertz CT molecular complexity index is 3260. The summed E-state index contributed by atoms with van der Waals surface area (Å²) in [6, 6.07) is 84.8. The number of benzene rings is 10. The minimum atomic E-state index is 0.872. The van der Waals surface area contributed by atoms with E-state index in [0.717, 1.165) is 66.5 Å². The highest BCUT2D eigenvalue weighted by atomic mass is 16.3. The quantitative estimate of drug-likeness (QED) is 0.153. The van der Waals surface area contributed by atoms with Gasteiger partial charge in [0.1, 0.15) is 11.2 Å². The lowest BCUT2D eigenvalue weighted by molar-refractivity contribution is 0.673. The molecule has 0 bridgehead atoms. The Hall–Kier alpha value is -7.94. The van der Waals surface area contributed by atoms with Crippen LogP contribution in [0.15, 0.2) is 241 Å². The van der Waals surface area contributed by atoms with Gasteiger partial charge in [-0.2, -0.15) is 0 Å². The van der Waals surface area contributed by atoms with E-state index in [0.29, 0.717) is 0 Å². The van der Waals surface area contributed by atoms with Crippen molar-refractivity contribution in [3.8, 4) is 55.6 Å². The van der Waals surface area contributed by atoms with E-state index in [1.54, 1.807) is 0 Å². The van der Waals surface area contributed by atoms with E-state index in [1.165, 1.54) is 38.9 Å². The Kier molecular flexibility index (Phi) is 8.87. The minimum Gasteiger partial charge on any atom is -0.455 e. The maximum atomic E-state index is 6.83. The molecule has 11 aromatic rings. The van der Waals surface area contributed by atoms with Gasteiger partial charge >= 0.3 is 0 Å². The van der Waals surface area contributed by atoms with E-state index in [1.807, 2.05) is 0 Å². The normalized spacial score (nSPS) is 11.3. The van der Waals surface area contributed by atoms with Crippen molar-refractivity contribution < 1.29 is 4.42 Å². The topological polar surface area (TPSA) is 16.4 Å². The van der Waals surface area contributed by atoms with Gasteiger partial charge < -0.3 is 9.32 Å². The van der Waals surface area contributed by atoms with Crippen LogP contribution in [0.5, 0.6) is 0 Å². The van der Waals surface area contributed by atoms with E-state index in [4.69, 9.17) is 4.42 Å². The predicted octanol–water partition coefficient (Wildman–Crippen LogP) is 16.5. The molecule has 0 atom stereocenters. The van der Waals surface area contributed by atoms with Crippen LogP contribution in [-0.4, -0.2) is 0 Å². The van der Waals surface area contributed by atoms with Crippen molar-refractivity contribution in [2.24, 2.45) is 0 Å². The Morgan fingerprint density at radius 1 is 0.283 bits per heavy atom. The van der Waals surface area contributed by atoms with E-state index < -0.39 is 0 Å². The third-order valence-corrected chi connectivity index (χ3v) is 11.7. The SMILES string of the molecule is c1ccc(-c2ccc(-c3cccc(N(c4ccc(-c5ccccc5)cc4)c4cc5c(oc6cccc(-c7ccc(-c8ccccc8)cc7)c65)c5ccccc45)c3)cc2)cc1. The lowest BCUT2D eigenvalue weighted by Crippen LogP contribution is -2.10. The number of hydrogen-bond acceptors (Lipinski definition) is 2. The summed E-state index contributed by atoms with van der Waals surface area (Å²) >= 11 is 0. The van der Waals surface area contributed by atoms with Crippen LogP contribution in [0.2, 0.25) is 0 Å². The van der Waals surface area contributed by atoms with Gasteiger partial charge in [0.2, 0.25) is 0 Å². The van der Waals surface area contributed by atoms with E-state index in [9.17, 15) is 0 Å². The van der Waals surface area contributed by atoms with Crippen LogP contribution in [0.1, 0.15) is 0 Å². The zero-order valence-corrected chi connectivity index (χ0v) is 32.9. The number of fused-ring (bicyclic) bond motifs is 5. The van der Waals surface area contributed by atoms with Crippen molar-refractivity contribution in [2.45, 2.75) is 0 Å². The molecule has 1 aromatic heterocycles. The van der Waals surface area contributed by atoms with Crippen molar-refractivity contribution in [3.63, 3.8) is 0 Å². The lowest BCUT2D eigenvalue weighted by atomic mass is 9.95. The number of hydrogen-bond donors (Lipinski definition) is 0. The van der Waals surface area contributed by atoms with Crippen LogP contribution in [0.4, 0.5) is 17.1 Å². The molecule has 0 aliphatic carbocycles. The summed E-state index contributed by atoms with van der Waals surface area (Å²) < 4.78 is 6.83. The molecule has 282 valence electrons. The molecule has 60 heavy (non-hydrogen) atoms. The molecule has 0 aliphatic heterocycles. The Morgan fingerprint density at radius 3 is 1.32 bits per heavy atom. The third kappa shape index (κ3) is 6.41. The number of rotatable bonds is 8. The molecule has 0 saturated heterocycles. The highest BCUT2D eigenvalue weighted by Gasteiger charge is 2.22. The van der Waals surface area contributed by atoms with Gasteiger partial charge in [0.15, 0.2) is 0 Å². The minimum absolute atomic E-state index is 0.872. The number of anilines is 3. The molecule has 0 spiro atoms. The zero-order chi connectivity index (χ0) is 39.8. The van der Waals surface area contributed by atoms with Gasteiger partial charge in [0, 0.05) is 32.9 Å². The summed E-state index contributed by atoms with van der Waals surface area (Å²) in [7, 11) is 0. The fourth-order valence-corrected chi connectivity index (χ4v) is 8.70. The van der Waals surface area contributed by atoms with Crippen molar-refractivity contribution >= 4 is 49.8 Å². The molecule has 0 radical (unpaired) electrons. The summed E-state index contributed by atoms with van der Waals surface area (Å²) in [5.41, 5.74) is 16.8. The second-order valence-electron chi connectivity index (χ2n) is 15.3. The Balaban J connectivity index is 1.10. The first-order chi connectivity index (χ1) is 29.7. The monoisotopic (exact) mass is 765 g/mol. The molecular weight excluding hydrogens is 727 g/mol. The molecule has 11 rings (SSSR count). The van der Waals surface area contributed by atoms with Gasteiger partial charge in [0.25, 0.3) is 0 Å². The molecule has 0 fully saturated rings. The molecule has 2 nitrogen and oxygen atoms in total. The molecule has 10 aromatic carbocycles. The van der Waals surface area contributed by atoms with Crippen molar-refractivity contribution in [2.75, 3.05) is 4.90 Å². The van der Waals surface area contributed by atoms with Gasteiger partial charge in [-0.3, -0.25) is 0 Å². The maximum absolute atomic E-state index is 6.83. The third-order valence-electron chi connectivity index (χ3n) is 11.7. The average Bonchev–Trinajstić information content (AvgIpc) is 3.72. The van der Waals surface area contributed by atoms with Crippen LogP contribution >= 0.6 is 0 Å². The largest absolute Gasteiger partial charge is 0.455 e. The zero-order valence-electron chi connectivity index (χ0n) is 32.9. The molecular formula is C58H39NO. The molecule has 2 heteroatoms. The summed E-state index contributed by atoms with van der Waals surface area (Å²) in [6.45, 7) is 0. The van der Waals surface area contributed by atoms with Crippen molar-refractivity contribution in [3.05, 3.63) is 237 Å². The molecule has 1 heterocycles. The van der Waals surface area contributed by atoms with Crippen LogP contribution in [0.25, 0.3) is 88.3 Å². The second-order valence-corrected chi connectivity index (χ2v) is 15.3. The number of nitrogens with zero attached hydrogens (tertiary/aromatic N) is 1. The van der Waals surface area contributed by atoms with E-state index in [2.05, 4.69) is 241 Å². The standard InChI is InChI=1S/C58H39NO/c1-4-14-40(15-5-1)43-26-28-46(29-27-43)48-20-12-21-50(38-48)59(49-36-34-45(35-37-49)42-18-8-3-9-19-42)55-39-54-57-51(47-32-30-44(31-33-47)41-16-6-2-7-17-41)24-13-25-56(57)60-58(54)53-23-11-10-22-52(53)55/h1-39H. The van der Waals surface area contributed by atoms with E-state index >= 15 is 0 Å². The Morgan fingerprint density at radius 2 is 0.733 bits per heavy atom. The van der Waals surface area contributed by atoms with Gasteiger partial charge in [-0.05, 0) is 92.0 Å². The van der Waals surface area contributed by atoms with Crippen LogP contribution in [0, 0.1) is 0 Å². The Labute approximate surface area is 349 Å². The van der Waals surface area contributed by atoms with Gasteiger partial charge in [-0.1, -0.05) is 200 Å². The highest BCUT2D eigenvalue weighted by Crippen LogP contribution is 2.47. The molecule has 0 amide bonds. The van der Waals surface area contributed by atoms with Crippen molar-refractivity contribution in [1.82, 2.24) is 0 Å². The summed E-state index contributed by atoms with van der Waals surface area (Å²) in [5, 5.41) is 4.38. The fourth-order valence-electron chi connectivity index (χ4n) is 8.70. The smallest absolute Gasteiger partial charge is 0.143 e. The van der Waals surface area contributed by atoms with Gasteiger partial charge in [-0.15, -0.1) is 0 Å². The fraction of sp³-hybridized carbons (Fsp3) is 0. The average molecular weight is 766 g/mol. The van der Waals surface area contributed by atoms with E-state index in [-0.39, 0.29) is 0 Å². The first-order valence-corrected chi connectivity index (χ1v) is 20.5. The summed E-state index contributed by atoms with van der Waals surface area (Å²) in [6.07, 6.45) is 0. The molecule has 0 unspecified atom stereocenters. The van der Waals surface area contributed by atoms with Crippen LogP contribution in [0.3, 0.4) is 0 Å². The van der Waals surface area contributed by atoms with Gasteiger partial charge in [0.05, 0.1) is 5.69 Å². The molecule has 0 aliphatic rings. The molecule has 0 N–H and O–H groups in total. The van der Waals surface area contributed by atoms with Crippen molar-refractivity contribution in [1.29, 1.82) is 0 Å². The van der Waals surface area contributed by atoms with Gasteiger partial charge in [-0.25, -0.2) is 0 Å². The first-order valence-electron chi connectivity index (χ1n) is 20.5. The second kappa shape index (κ2) is 15.1. The van der Waals surface area contributed by atoms with Crippen LogP contribution in [-0.2, 0) is 0 Å². The first kappa shape index (κ1) is 35.2. The van der Waals surface area contributed by atoms with Crippen LogP contribution < -0.4 is 4.90 Å². The maximum Gasteiger partial charge on any atom is 0.143 e. The summed E-state index contributed by atoms with van der Waals surface area (Å²) in [4.78, 5) is 2.41. The highest BCUT2D eigenvalue weighted by molar-refractivity contribution is 6.22. The number of furan rings is 1. The molecule has 0 saturated carbocycles. The predicted molar refractivity (Wildman–Crippen MR) is 253 cm³/mol. The summed E-state index contributed by atoms with van der Waals surface area (Å²) in [5.74, 6) is 0. The lowest BCUT2D eigenvalue weighted by Gasteiger charge is -2.28.